The third-order valence-electron chi connectivity index (χ3n) is 2.72. The summed E-state index contributed by atoms with van der Waals surface area (Å²) in [6.45, 7) is 7.75. The Morgan fingerprint density at radius 3 is 2.57 bits per heavy atom. The molecule has 0 radical (unpaired) electrons. The summed E-state index contributed by atoms with van der Waals surface area (Å²) >= 11 is 0. The zero-order valence-electron chi connectivity index (χ0n) is 9.75. The summed E-state index contributed by atoms with van der Waals surface area (Å²) in [7, 11) is 2.18. The van der Waals surface area contributed by atoms with Gasteiger partial charge in [-0.3, -0.25) is 0 Å². The first-order valence-corrected chi connectivity index (χ1v) is 5.35. The lowest BCUT2D eigenvalue weighted by molar-refractivity contribution is 0.277. The van der Waals surface area contributed by atoms with Crippen LogP contribution in [-0.4, -0.2) is 24.5 Å². The van der Waals surface area contributed by atoms with Gasteiger partial charge in [0, 0.05) is 12.6 Å². The van der Waals surface area contributed by atoms with Gasteiger partial charge in [-0.15, -0.1) is 0 Å². The first-order chi connectivity index (χ1) is 6.59. The Hall–Kier alpha value is -0.820. The van der Waals surface area contributed by atoms with Crippen LogP contribution in [0.4, 0.5) is 0 Å². The monoisotopic (exact) mass is 191 g/mol. The Balaban J connectivity index is 2.45. The van der Waals surface area contributed by atoms with Crippen LogP contribution in [0.1, 0.15) is 25.0 Å². The SMILES string of the molecule is Cc1cccc(CCN(C)C(C)C)c1. The van der Waals surface area contributed by atoms with E-state index in [2.05, 4.69) is 57.0 Å². The largest absolute Gasteiger partial charge is 0.304 e. The van der Waals surface area contributed by atoms with E-state index in [1.807, 2.05) is 0 Å². The van der Waals surface area contributed by atoms with Crippen LogP contribution in [0, 0.1) is 6.92 Å². The van der Waals surface area contributed by atoms with Crippen LogP contribution in [0.2, 0.25) is 0 Å². The first kappa shape index (κ1) is 11.3. The van der Waals surface area contributed by atoms with Gasteiger partial charge in [0.2, 0.25) is 0 Å². The molecule has 78 valence electrons. The molecule has 1 heteroatoms. The van der Waals surface area contributed by atoms with Gasteiger partial charge in [-0.2, -0.15) is 0 Å². The molecule has 1 aromatic rings. The van der Waals surface area contributed by atoms with E-state index in [9.17, 15) is 0 Å². The smallest absolute Gasteiger partial charge is 0.00356 e. The highest BCUT2D eigenvalue weighted by Gasteiger charge is 2.02. The second-order valence-electron chi connectivity index (χ2n) is 4.31. The van der Waals surface area contributed by atoms with E-state index in [1.165, 1.54) is 11.1 Å². The average Bonchev–Trinajstić information content (AvgIpc) is 2.14. The second kappa shape index (κ2) is 5.16. The normalized spacial score (nSPS) is 11.3. The molecule has 0 N–H and O–H groups in total. The average molecular weight is 191 g/mol. The molecule has 14 heavy (non-hydrogen) atoms. The summed E-state index contributed by atoms with van der Waals surface area (Å²) < 4.78 is 0. The fourth-order valence-electron chi connectivity index (χ4n) is 1.43. The summed E-state index contributed by atoms with van der Waals surface area (Å²) in [6.07, 6.45) is 1.15. The fraction of sp³-hybridized carbons (Fsp3) is 0.538. The summed E-state index contributed by atoms with van der Waals surface area (Å²) in [5, 5.41) is 0. The molecule has 0 unspecified atom stereocenters. The van der Waals surface area contributed by atoms with E-state index in [1.54, 1.807) is 0 Å². The van der Waals surface area contributed by atoms with Gasteiger partial charge < -0.3 is 4.90 Å². The van der Waals surface area contributed by atoms with E-state index in [0.717, 1.165) is 13.0 Å². The Morgan fingerprint density at radius 1 is 1.29 bits per heavy atom. The van der Waals surface area contributed by atoms with Crippen LogP contribution >= 0.6 is 0 Å². The quantitative estimate of drug-likeness (QED) is 0.707. The summed E-state index contributed by atoms with van der Waals surface area (Å²) in [5.74, 6) is 0. The molecule has 1 nitrogen and oxygen atoms in total. The van der Waals surface area contributed by atoms with Gasteiger partial charge in [-0.05, 0) is 39.8 Å². The maximum Gasteiger partial charge on any atom is 0.00356 e. The lowest BCUT2D eigenvalue weighted by Crippen LogP contribution is -2.28. The van der Waals surface area contributed by atoms with Gasteiger partial charge in [0.1, 0.15) is 0 Å². The van der Waals surface area contributed by atoms with Gasteiger partial charge in [0.15, 0.2) is 0 Å². The fourth-order valence-corrected chi connectivity index (χ4v) is 1.43. The first-order valence-electron chi connectivity index (χ1n) is 5.35. The van der Waals surface area contributed by atoms with Crippen molar-refractivity contribution in [2.24, 2.45) is 0 Å². The number of likely N-dealkylation sites (N-methyl/N-ethyl adjacent to an activating group) is 1. The molecule has 0 aliphatic carbocycles. The predicted octanol–water partition coefficient (Wildman–Crippen LogP) is 2.88. The molecule has 0 heterocycles. The number of nitrogens with zero attached hydrogens (tertiary/aromatic N) is 1. The molecule has 0 bridgehead atoms. The number of rotatable bonds is 4. The van der Waals surface area contributed by atoms with Crippen LogP contribution in [0.3, 0.4) is 0 Å². The second-order valence-corrected chi connectivity index (χ2v) is 4.31. The highest BCUT2D eigenvalue weighted by molar-refractivity contribution is 5.22. The molecule has 0 atom stereocenters. The number of hydrogen-bond donors (Lipinski definition) is 0. The molecule has 0 saturated carbocycles. The molecule has 0 fully saturated rings. The van der Waals surface area contributed by atoms with Crippen molar-refractivity contribution in [2.75, 3.05) is 13.6 Å². The van der Waals surface area contributed by atoms with Crippen molar-refractivity contribution in [1.29, 1.82) is 0 Å². The van der Waals surface area contributed by atoms with Crippen molar-refractivity contribution in [1.82, 2.24) is 4.90 Å². The minimum absolute atomic E-state index is 0.639. The Kier molecular flexibility index (Phi) is 4.15. The third-order valence-corrected chi connectivity index (χ3v) is 2.72. The Morgan fingerprint density at radius 2 is 2.00 bits per heavy atom. The van der Waals surface area contributed by atoms with Crippen LogP contribution in [-0.2, 0) is 6.42 Å². The molecule has 0 spiro atoms. The molecular weight excluding hydrogens is 170 g/mol. The predicted molar refractivity (Wildman–Crippen MR) is 62.6 cm³/mol. The Labute approximate surface area is 87.7 Å². The van der Waals surface area contributed by atoms with Gasteiger partial charge in [-0.1, -0.05) is 29.8 Å². The van der Waals surface area contributed by atoms with E-state index >= 15 is 0 Å². The van der Waals surface area contributed by atoms with Gasteiger partial charge in [0.05, 0.1) is 0 Å². The minimum atomic E-state index is 0.639. The molecular formula is C13H21N. The lowest BCUT2D eigenvalue weighted by atomic mass is 10.1. The van der Waals surface area contributed by atoms with Crippen molar-refractivity contribution in [3.8, 4) is 0 Å². The molecule has 0 aliphatic heterocycles. The van der Waals surface area contributed by atoms with Crippen molar-refractivity contribution in [2.45, 2.75) is 33.2 Å². The number of benzene rings is 1. The molecule has 0 aliphatic rings. The van der Waals surface area contributed by atoms with Crippen LogP contribution in [0.15, 0.2) is 24.3 Å². The number of hydrogen-bond acceptors (Lipinski definition) is 1. The maximum atomic E-state index is 2.38. The molecule has 0 saturated heterocycles. The third kappa shape index (κ3) is 3.51. The van der Waals surface area contributed by atoms with Gasteiger partial charge >= 0.3 is 0 Å². The van der Waals surface area contributed by atoms with Crippen molar-refractivity contribution in [3.63, 3.8) is 0 Å². The summed E-state index contributed by atoms with van der Waals surface area (Å²) in [4.78, 5) is 2.38. The van der Waals surface area contributed by atoms with E-state index < -0.39 is 0 Å². The topological polar surface area (TPSA) is 3.24 Å². The molecule has 0 amide bonds. The van der Waals surface area contributed by atoms with Crippen molar-refractivity contribution < 1.29 is 0 Å². The van der Waals surface area contributed by atoms with Crippen LogP contribution in [0.5, 0.6) is 0 Å². The molecule has 1 rings (SSSR count). The molecule has 1 aromatic carbocycles. The molecule has 0 aromatic heterocycles. The lowest BCUT2D eigenvalue weighted by Gasteiger charge is -2.20. The summed E-state index contributed by atoms with van der Waals surface area (Å²) in [5.41, 5.74) is 2.80. The highest BCUT2D eigenvalue weighted by Crippen LogP contribution is 2.06. The van der Waals surface area contributed by atoms with E-state index in [-0.39, 0.29) is 0 Å². The van der Waals surface area contributed by atoms with Crippen LogP contribution < -0.4 is 0 Å². The van der Waals surface area contributed by atoms with E-state index in [0.29, 0.717) is 6.04 Å². The van der Waals surface area contributed by atoms with Gasteiger partial charge in [0.25, 0.3) is 0 Å². The zero-order chi connectivity index (χ0) is 10.6. The van der Waals surface area contributed by atoms with Crippen molar-refractivity contribution in [3.05, 3.63) is 35.4 Å². The maximum absolute atomic E-state index is 2.38. The van der Waals surface area contributed by atoms with Gasteiger partial charge in [-0.25, -0.2) is 0 Å². The Bertz CT molecular complexity index is 278. The number of aryl methyl sites for hydroxylation is 1. The minimum Gasteiger partial charge on any atom is -0.304 e. The summed E-state index contributed by atoms with van der Waals surface area (Å²) in [6, 6.07) is 9.41. The van der Waals surface area contributed by atoms with E-state index in [4.69, 9.17) is 0 Å². The standard InChI is InChI=1S/C13H21N/c1-11(2)14(4)9-8-13-7-5-6-12(3)10-13/h5-7,10-11H,8-9H2,1-4H3. The zero-order valence-corrected chi connectivity index (χ0v) is 9.75. The van der Waals surface area contributed by atoms with Crippen LogP contribution in [0.25, 0.3) is 0 Å². The van der Waals surface area contributed by atoms with Crippen molar-refractivity contribution >= 4 is 0 Å². The highest BCUT2D eigenvalue weighted by atomic mass is 15.1.